The maximum Gasteiger partial charge on any atom is 0.323 e. The Kier molecular flexibility index (Phi) is 8.70. The van der Waals surface area contributed by atoms with Crippen LogP contribution in [0.5, 0.6) is 0 Å². The lowest BCUT2D eigenvalue weighted by atomic mass is 9.98. The summed E-state index contributed by atoms with van der Waals surface area (Å²) in [4.78, 5) is 11.3. The standard InChI is InChI=1S/C13H27NO2S/c1-5-6-7-9-17-10-8-13(4,12(15)16)14-11(2)3/h11,14H,5-10H2,1-4H3,(H,15,16). The van der Waals surface area contributed by atoms with Gasteiger partial charge in [0.25, 0.3) is 0 Å². The average molecular weight is 261 g/mol. The zero-order chi connectivity index (χ0) is 13.3. The topological polar surface area (TPSA) is 49.3 Å². The van der Waals surface area contributed by atoms with Crippen LogP contribution >= 0.6 is 11.8 Å². The van der Waals surface area contributed by atoms with E-state index in [0.717, 1.165) is 11.5 Å². The molecule has 0 bridgehead atoms. The van der Waals surface area contributed by atoms with Crippen LogP contribution in [0.4, 0.5) is 0 Å². The molecule has 0 rings (SSSR count). The largest absolute Gasteiger partial charge is 0.480 e. The molecule has 0 saturated carbocycles. The van der Waals surface area contributed by atoms with Crippen molar-refractivity contribution in [1.29, 1.82) is 0 Å². The second kappa shape index (κ2) is 8.81. The predicted molar refractivity (Wildman–Crippen MR) is 75.8 cm³/mol. The molecule has 3 nitrogen and oxygen atoms in total. The van der Waals surface area contributed by atoms with E-state index in [0.29, 0.717) is 6.42 Å². The summed E-state index contributed by atoms with van der Waals surface area (Å²) in [6, 6.07) is 0.196. The second-order valence-electron chi connectivity index (χ2n) is 5.01. The van der Waals surface area contributed by atoms with Crippen LogP contribution in [-0.4, -0.2) is 34.2 Å². The number of carboxylic acids is 1. The van der Waals surface area contributed by atoms with Gasteiger partial charge in [0.2, 0.25) is 0 Å². The summed E-state index contributed by atoms with van der Waals surface area (Å²) >= 11 is 1.86. The molecule has 2 N–H and O–H groups in total. The van der Waals surface area contributed by atoms with Crippen molar-refractivity contribution in [1.82, 2.24) is 5.32 Å². The Labute approximate surface area is 110 Å². The van der Waals surface area contributed by atoms with Crippen molar-refractivity contribution >= 4 is 17.7 Å². The Bertz CT molecular complexity index is 221. The van der Waals surface area contributed by atoms with Gasteiger partial charge < -0.3 is 5.11 Å². The van der Waals surface area contributed by atoms with Crippen LogP contribution in [0.15, 0.2) is 0 Å². The Morgan fingerprint density at radius 3 is 2.47 bits per heavy atom. The Morgan fingerprint density at radius 2 is 2.00 bits per heavy atom. The molecule has 0 aromatic rings. The molecule has 0 spiro atoms. The fraction of sp³-hybridized carbons (Fsp3) is 0.923. The summed E-state index contributed by atoms with van der Waals surface area (Å²) in [7, 11) is 0. The number of aliphatic carboxylic acids is 1. The van der Waals surface area contributed by atoms with Gasteiger partial charge in [-0.2, -0.15) is 11.8 Å². The molecule has 0 aromatic carbocycles. The fourth-order valence-corrected chi connectivity index (χ4v) is 2.88. The van der Waals surface area contributed by atoms with Crippen molar-refractivity contribution in [2.24, 2.45) is 0 Å². The number of thioether (sulfide) groups is 1. The first-order chi connectivity index (χ1) is 7.92. The highest BCUT2D eigenvalue weighted by Gasteiger charge is 2.32. The van der Waals surface area contributed by atoms with Crippen LogP contribution in [0.25, 0.3) is 0 Å². The van der Waals surface area contributed by atoms with Gasteiger partial charge in [0.05, 0.1) is 0 Å². The van der Waals surface area contributed by atoms with Crippen molar-refractivity contribution in [3.05, 3.63) is 0 Å². The lowest BCUT2D eigenvalue weighted by Gasteiger charge is -2.28. The SMILES string of the molecule is CCCCCSCCC(C)(NC(C)C)C(=O)O. The maximum absolute atomic E-state index is 11.3. The molecule has 0 amide bonds. The summed E-state index contributed by atoms with van der Waals surface area (Å²) in [6.45, 7) is 7.94. The zero-order valence-electron chi connectivity index (χ0n) is 11.6. The van der Waals surface area contributed by atoms with Crippen LogP contribution in [0.1, 0.15) is 53.4 Å². The van der Waals surface area contributed by atoms with Crippen LogP contribution in [-0.2, 0) is 4.79 Å². The van der Waals surface area contributed by atoms with Crippen LogP contribution < -0.4 is 5.32 Å². The van der Waals surface area contributed by atoms with Gasteiger partial charge in [-0.15, -0.1) is 0 Å². The predicted octanol–water partition coefficient (Wildman–Crippen LogP) is 3.14. The highest BCUT2D eigenvalue weighted by atomic mass is 32.2. The summed E-state index contributed by atoms with van der Waals surface area (Å²) in [5, 5.41) is 12.4. The molecule has 0 aliphatic carbocycles. The summed E-state index contributed by atoms with van der Waals surface area (Å²) in [5.41, 5.74) is -0.786. The molecule has 17 heavy (non-hydrogen) atoms. The smallest absolute Gasteiger partial charge is 0.323 e. The van der Waals surface area contributed by atoms with Crippen molar-refractivity contribution in [2.75, 3.05) is 11.5 Å². The van der Waals surface area contributed by atoms with Gasteiger partial charge >= 0.3 is 5.97 Å². The third kappa shape index (κ3) is 7.66. The molecule has 1 unspecified atom stereocenters. The van der Waals surface area contributed by atoms with Crippen LogP contribution in [0.3, 0.4) is 0 Å². The van der Waals surface area contributed by atoms with Gasteiger partial charge in [-0.1, -0.05) is 19.8 Å². The number of carbonyl (C=O) groups is 1. The molecule has 0 aliphatic rings. The first-order valence-corrected chi connectivity index (χ1v) is 7.66. The Morgan fingerprint density at radius 1 is 1.35 bits per heavy atom. The van der Waals surface area contributed by atoms with E-state index in [-0.39, 0.29) is 6.04 Å². The summed E-state index contributed by atoms with van der Waals surface area (Å²) in [5.74, 6) is 1.30. The molecular formula is C13H27NO2S. The number of rotatable bonds is 10. The van der Waals surface area contributed by atoms with Crippen molar-refractivity contribution in [2.45, 2.75) is 65.0 Å². The molecule has 102 valence electrons. The molecule has 0 aliphatic heterocycles. The Balaban J connectivity index is 3.89. The quantitative estimate of drug-likeness (QED) is 0.593. The van der Waals surface area contributed by atoms with Gasteiger partial charge in [0.15, 0.2) is 0 Å². The number of hydrogen-bond donors (Lipinski definition) is 2. The number of unbranched alkanes of at least 4 members (excludes halogenated alkanes) is 2. The van der Waals surface area contributed by atoms with E-state index in [1.807, 2.05) is 25.6 Å². The van der Waals surface area contributed by atoms with E-state index < -0.39 is 11.5 Å². The second-order valence-corrected chi connectivity index (χ2v) is 6.23. The van der Waals surface area contributed by atoms with E-state index in [1.165, 1.54) is 19.3 Å². The van der Waals surface area contributed by atoms with Crippen molar-refractivity contribution < 1.29 is 9.90 Å². The molecule has 0 saturated heterocycles. The number of hydrogen-bond acceptors (Lipinski definition) is 3. The van der Waals surface area contributed by atoms with Crippen LogP contribution in [0, 0.1) is 0 Å². The minimum absolute atomic E-state index is 0.196. The lowest BCUT2D eigenvalue weighted by Crippen LogP contribution is -2.52. The molecule has 0 radical (unpaired) electrons. The summed E-state index contributed by atoms with van der Waals surface area (Å²) in [6.07, 6.45) is 4.43. The number of nitrogens with one attached hydrogen (secondary N) is 1. The van der Waals surface area contributed by atoms with Gasteiger partial charge in [0, 0.05) is 6.04 Å². The van der Waals surface area contributed by atoms with Gasteiger partial charge in [-0.3, -0.25) is 10.1 Å². The Hall–Kier alpha value is -0.220. The molecule has 0 heterocycles. The third-order valence-corrected chi connectivity index (χ3v) is 3.79. The van der Waals surface area contributed by atoms with Crippen molar-refractivity contribution in [3.8, 4) is 0 Å². The van der Waals surface area contributed by atoms with E-state index >= 15 is 0 Å². The maximum atomic E-state index is 11.3. The minimum atomic E-state index is -0.786. The highest BCUT2D eigenvalue weighted by molar-refractivity contribution is 7.99. The highest BCUT2D eigenvalue weighted by Crippen LogP contribution is 2.17. The summed E-state index contributed by atoms with van der Waals surface area (Å²) < 4.78 is 0. The van der Waals surface area contributed by atoms with E-state index in [2.05, 4.69) is 12.2 Å². The van der Waals surface area contributed by atoms with Crippen LogP contribution in [0.2, 0.25) is 0 Å². The van der Waals surface area contributed by atoms with E-state index in [4.69, 9.17) is 0 Å². The molecule has 4 heteroatoms. The lowest BCUT2D eigenvalue weighted by molar-refractivity contribution is -0.144. The van der Waals surface area contributed by atoms with Crippen molar-refractivity contribution in [3.63, 3.8) is 0 Å². The zero-order valence-corrected chi connectivity index (χ0v) is 12.4. The fourth-order valence-electron chi connectivity index (χ4n) is 1.71. The van der Waals surface area contributed by atoms with Gasteiger partial charge in [0.1, 0.15) is 5.54 Å². The molecule has 0 fully saturated rings. The molecule has 1 atom stereocenters. The average Bonchev–Trinajstić information content (AvgIpc) is 2.22. The molecular weight excluding hydrogens is 234 g/mol. The van der Waals surface area contributed by atoms with E-state index in [1.54, 1.807) is 6.92 Å². The first-order valence-electron chi connectivity index (χ1n) is 6.51. The van der Waals surface area contributed by atoms with Gasteiger partial charge in [-0.05, 0) is 45.1 Å². The molecule has 0 aromatic heterocycles. The number of carboxylic acid groups (broad SMARTS) is 1. The van der Waals surface area contributed by atoms with E-state index in [9.17, 15) is 9.90 Å². The first kappa shape index (κ1) is 16.8. The normalized spacial score (nSPS) is 14.9. The monoisotopic (exact) mass is 261 g/mol. The third-order valence-electron chi connectivity index (χ3n) is 2.72. The minimum Gasteiger partial charge on any atom is -0.480 e. The van der Waals surface area contributed by atoms with Gasteiger partial charge in [-0.25, -0.2) is 0 Å².